The van der Waals surface area contributed by atoms with Gasteiger partial charge < -0.3 is 5.32 Å². The quantitative estimate of drug-likeness (QED) is 0.529. The summed E-state index contributed by atoms with van der Waals surface area (Å²) in [7, 11) is 0. The third-order valence-electron chi connectivity index (χ3n) is 3.81. The topological polar surface area (TPSA) is 111 Å². The van der Waals surface area contributed by atoms with Crippen molar-refractivity contribution in [2.24, 2.45) is 0 Å². The lowest BCUT2D eigenvalue weighted by molar-refractivity contribution is -0.393. The van der Waals surface area contributed by atoms with Gasteiger partial charge >= 0.3 is 0 Å². The molecule has 0 saturated carbocycles. The van der Waals surface area contributed by atoms with Crippen molar-refractivity contribution >= 4 is 17.1 Å². The Morgan fingerprint density at radius 2 is 1.62 bits per heavy atom. The zero-order valence-electron chi connectivity index (χ0n) is 13.5. The van der Waals surface area contributed by atoms with Gasteiger partial charge in [-0.1, -0.05) is 36.4 Å². The number of pyridine rings is 1. The molecule has 1 N–H and O–H groups in total. The molecule has 1 aromatic heterocycles. The maximum atomic E-state index is 11.4. The Labute approximate surface area is 148 Å². The van der Waals surface area contributed by atoms with E-state index in [2.05, 4.69) is 10.3 Å². The Bertz CT molecular complexity index is 893. The second kappa shape index (κ2) is 7.39. The summed E-state index contributed by atoms with van der Waals surface area (Å²) in [5.74, 6) is 0. The minimum absolute atomic E-state index is 0.181. The van der Waals surface area contributed by atoms with E-state index in [4.69, 9.17) is 0 Å². The normalized spacial score (nSPS) is 11.5. The van der Waals surface area contributed by atoms with Crippen molar-refractivity contribution in [1.82, 2.24) is 4.98 Å². The number of hydrogen-bond acceptors (Lipinski definition) is 6. The van der Waals surface area contributed by atoms with Crippen LogP contribution in [0.3, 0.4) is 0 Å². The van der Waals surface area contributed by atoms with Crippen LogP contribution in [0.4, 0.5) is 17.1 Å². The lowest BCUT2D eigenvalue weighted by atomic mass is 10.0. The lowest BCUT2D eigenvalue weighted by Crippen LogP contribution is -2.14. The number of nitrogens with one attached hydrogen (secondary N) is 1. The summed E-state index contributed by atoms with van der Waals surface area (Å²) < 4.78 is 0. The van der Waals surface area contributed by atoms with Gasteiger partial charge in [-0.3, -0.25) is 25.2 Å². The molecular formula is C18H14N4O4. The number of anilines is 1. The molecule has 1 heterocycles. The van der Waals surface area contributed by atoms with E-state index in [-0.39, 0.29) is 17.1 Å². The van der Waals surface area contributed by atoms with E-state index in [1.54, 1.807) is 12.3 Å². The first kappa shape index (κ1) is 17.0. The molecule has 8 heteroatoms. The van der Waals surface area contributed by atoms with E-state index in [9.17, 15) is 20.2 Å². The minimum atomic E-state index is -0.662. The standard InChI is InChI=1S/C18H14N4O4/c23-21(24)14-9-10-15(17(12-14)22(25)26)20-18(13-6-2-1-3-7-13)16-8-4-5-11-19-16/h1-12,18,20H. The average molecular weight is 350 g/mol. The Morgan fingerprint density at radius 3 is 2.23 bits per heavy atom. The fourth-order valence-electron chi connectivity index (χ4n) is 2.58. The molecule has 8 nitrogen and oxygen atoms in total. The summed E-state index contributed by atoms with van der Waals surface area (Å²) in [6.45, 7) is 0. The van der Waals surface area contributed by atoms with Crippen LogP contribution in [0.5, 0.6) is 0 Å². The van der Waals surface area contributed by atoms with Crippen LogP contribution in [0.1, 0.15) is 17.3 Å². The first-order chi connectivity index (χ1) is 12.6. The molecule has 1 atom stereocenters. The molecule has 0 radical (unpaired) electrons. The summed E-state index contributed by atoms with van der Waals surface area (Å²) in [6, 6.07) is 17.8. The molecule has 3 aromatic rings. The van der Waals surface area contributed by atoms with Gasteiger partial charge in [0.15, 0.2) is 0 Å². The van der Waals surface area contributed by atoms with Crippen LogP contribution in [0.25, 0.3) is 0 Å². The zero-order chi connectivity index (χ0) is 18.5. The van der Waals surface area contributed by atoms with Crippen molar-refractivity contribution in [1.29, 1.82) is 0 Å². The van der Waals surface area contributed by atoms with Gasteiger partial charge in [-0.15, -0.1) is 0 Å². The predicted molar refractivity (Wildman–Crippen MR) is 95.9 cm³/mol. The van der Waals surface area contributed by atoms with Crippen molar-refractivity contribution in [3.05, 3.63) is 104 Å². The first-order valence-electron chi connectivity index (χ1n) is 7.71. The molecule has 26 heavy (non-hydrogen) atoms. The van der Waals surface area contributed by atoms with E-state index in [0.717, 1.165) is 11.6 Å². The summed E-state index contributed by atoms with van der Waals surface area (Å²) in [5, 5.41) is 25.4. The number of hydrogen-bond donors (Lipinski definition) is 1. The maximum Gasteiger partial charge on any atom is 0.299 e. The highest BCUT2D eigenvalue weighted by molar-refractivity contribution is 5.66. The molecule has 2 aromatic carbocycles. The van der Waals surface area contributed by atoms with Crippen LogP contribution < -0.4 is 5.32 Å². The lowest BCUT2D eigenvalue weighted by Gasteiger charge is -2.20. The number of nitro benzene ring substituents is 2. The molecule has 0 aliphatic carbocycles. The SMILES string of the molecule is O=[N+]([O-])c1ccc(NC(c2ccccc2)c2ccccn2)c([N+](=O)[O-])c1. The molecule has 0 aliphatic heterocycles. The minimum Gasteiger partial charge on any atom is -0.367 e. The zero-order valence-corrected chi connectivity index (χ0v) is 13.5. The maximum absolute atomic E-state index is 11.4. The molecule has 0 spiro atoms. The smallest absolute Gasteiger partial charge is 0.299 e. The van der Waals surface area contributed by atoms with Gasteiger partial charge in [-0.25, -0.2) is 0 Å². The fourth-order valence-corrected chi connectivity index (χ4v) is 2.58. The molecular weight excluding hydrogens is 336 g/mol. The first-order valence-corrected chi connectivity index (χ1v) is 7.71. The van der Waals surface area contributed by atoms with E-state index < -0.39 is 15.9 Å². The second-order valence-corrected chi connectivity index (χ2v) is 5.46. The highest BCUT2D eigenvalue weighted by Gasteiger charge is 2.23. The van der Waals surface area contributed by atoms with Gasteiger partial charge in [0.1, 0.15) is 5.69 Å². The molecule has 0 fully saturated rings. The van der Waals surface area contributed by atoms with Gasteiger partial charge in [0.25, 0.3) is 11.4 Å². The summed E-state index contributed by atoms with van der Waals surface area (Å²) in [5.41, 5.74) is 1.01. The number of nitrogens with zero attached hydrogens (tertiary/aromatic N) is 3. The third-order valence-corrected chi connectivity index (χ3v) is 3.81. The van der Waals surface area contributed by atoms with Crippen LogP contribution in [0, 0.1) is 20.2 Å². The van der Waals surface area contributed by atoms with Crippen LogP contribution in [-0.2, 0) is 0 Å². The van der Waals surface area contributed by atoms with E-state index >= 15 is 0 Å². The van der Waals surface area contributed by atoms with Gasteiger partial charge in [0, 0.05) is 12.3 Å². The van der Waals surface area contributed by atoms with Crippen molar-refractivity contribution in [3.8, 4) is 0 Å². The highest BCUT2D eigenvalue weighted by Crippen LogP contribution is 2.33. The number of aromatic nitrogens is 1. The molecule has 3 rings (SSSR count). The number of nitro groups is 2. The molecule has 1 unspecified atom stereocenters. The Morgan fingerprint density at radius 1 is 0.885 bits per heavy atom. The molecule has 0 amide bonds. The highest BCUT2D eigenvalue weighted by atomic mass is 16.6. The number of benzene rings is 2. The monoisotopic (exact) mass is 350 g/mol. The van der Waals surface area contributed by atoms with Crippen LogP contribution in [0.15, 0.2) is 72.9 Å². The molecule has 0 saturated heterocycles. The average Bonchev–Trinajstić information content (AvgIpc) is 2.67. The molecule has 0 bridgehead atoms. The van der Waals surface area contributed by atoms with Crippen molar-refractivity contribution in [2.75, 3.05) is 5.32 Å². The summed E-state index contributed by atoms with van der Waals surface area (Å²) in [4.78, 5) is 25.3. The summed E-state index contributed by atoms with van der Waals surface area (Å²) in [6.07, 6.45) is 1.64. The number of rotatable bonds is 6. The Balaban J connectivity index is 2.05. The third kappa shape index (κ3) is 3.64. The van der Waals surface area contributed by atoms with Crippen molar-refractivity contribution in [2.45, 2.75) is 6.04 Å². The molecule has 130 valence electrons. The second-order valence-electron chi connectivity index (χ2n) is 5.46. The summed E-state index contributed by atoms with van der Waals surface area (Å²) >= 11 is 0. The molecule has 0 aliphatic rings. The van der Waals surface area contributed by atoms with Crippen molar-refractivity contribution in [3.63, 3.8) is 0 Å². The van der Waals surface area contributed by atoms with Gasteiger partial charge in [-0.05, 0) is 23.8 Å². The van der Waals surface area contributed by atoms with Gasteiger partial charge in [0.05, 0.1) is 27.6 Å². The Hall–Kier alpha value is -3.81. The van der Waals surface area contributed by atoms with Crippen LogP contribution in [-0.4, -0.2) is 14.8 Å². The van der Waals surface area contributed by atoms with E-state index in [1.165, 1.54) is 12.1 Å². The largest absolute Gasteiger partial charge is 0.367 e. The fraction of sp³-hybridized carbons (Fsp3) is 0.0556. The van der Waals surface area contributed by atoms with Crippen LogP contribution in [0.2, 0.25) is 0 Å². The number of non-ortho nitro benzene ring substituents is 1. The van der Waals surface area contributed by atoms with Crippen LogP contribution >= 0.6 is 0 Å². The van der Waals surface area contributed by atoms with Crippen molar-refractivity contribution < 1.29 is 9.85 Å². The van der Waals surface area contributed by atoms with E-state index in [1.807, 2.05) is 42.5 Å². The predicted octanol–water partition coefficient (Wildman–Crippen LogP) is 4.10. The van der Waals surface area contributed by atoms with Gasteiger partial charge in [0.2, 0.25) is 0 Å². The Kier molecular flexibility index (Phi) is 4.84. The van der Waals surface area contributed by atoms with Gasteiger partial charge in [-0.2, -0.15) is 0 Å². The van der Waals surface area contributed by atoms with E-state index in [0.29, 0.717) is 5.69 Å².